The Morgan fingerprint density at radius 2 is 2.00 bits per heavy atom. The molecule has 0 aliphatic carbocycles. The lowest BCUT2D eigenvalue weighted by Crippen LogP contribution is -2.43. The zero-order valence-electron chi connectivity index (χ0n) is 12.4. The van der Waals surface area contributed by atoms with Crippen molar-refractivity contribution in [1.29, 1.82) is 0 Å². The molecule has 0 aliphatic rings. The topological polar surface area (TPSA) is 80.6 Å². The predicted octanol–water partition coefficient (Wildman–Crippen LogP) is 2.64. The minimum atomic E-state index is -0.626. The summed E-state index contributed by atoms with van der Waals surface area (Å²) >= 11 is 3.12. The van der Waals surface area contributed by atoms with Gasteiger partial charge in [0, 0.05) is 4.47 Å². The molecule has 6 nitrogen and oxygen atoms in total. The fraction of sp³-hybridized carbons (Fsp3) is 0.200. The number of ether oxygens (including phenoxy) is 1. The SMILES string of the molecule is Cc1cc(C(=O)NNC(=O)COc2ccc(Br)cc2F)c(C)o1. The number of hydrogen-bond acceptors (Lipinski definition) is 4. The summed E-state index contributed by atoms with van der Waals surface area (Å²) in [7, 11) is 0. The van der Waals surface area contributed by atoms with E-state index in [4.69, 9.17) is 9.15 Å². The quantitative estimate of drug-likeness (QED) is 0.794. The third kappa shape index (κ3) is 4.56. The van der Waals surface area contributed by atoms with Crippen LogP contribution in [0.2, 0.25) is 0 Å². The van der Waals surface area contributed by atoms with Crippen LogP contribution in [0.3, 0.4) is 0 Å². The molecule has 122 valence electrons. The summed E-state index contributed by atoms with van der Waals surface area (Å²) in [6.07, 6.45) is 0. The highest BCUT2D eigenvalue weighted by Gasteiger charge is 2.14. The van der Waals surface area contributed by atoms with Gasteiger partial charge in [-0.2, -0.15) is 0 Å². The highest BCUT2D eigenvalue weighted by atomic mass is 79.9. The van der Waals surface area contributed by atoms with Gasteiger partial charge in [-0.3, -0.25) is 20.4 Å². The number of amides is 2. The fourth-order valence-electron chi connectivity index (χ4n) is 1.82. The second kappa shape index (κ2) is 7.28. The summed E-state index contributed by atoms with van der Waals surface area (Å²) in [5.41, 5.74) is 4.74. The average molecular weight is 385 g/mol. The number of carbonyl (C=O) groups excluding carboxylic acids is 2. The van der Waals surface area contributed by atoms with Crippen LogP contribution < -0.4 is 15.6 Å². The first kappa shape index (κ1) is 17.0. The molecule has 0 bridgehead atoms. The number of benzene rings is 1. The van der Waals surface area contributed by atoms with E-state index >= 15 is 0 Å². The molecule has 1 heterocycles. The average Bonchev–Trinajstić information content (AvgIpc) is 2.82. The van der Waals surface area contributed by atoms with E-state index in [1.165, 1.54) is 12.1 Å². The number of furan rings is 1. The van der Waals surface area contributed by atoms with Gasteiger partial charge >= 0.3 is 0 Å². The molecule has 0 spiro atoms. The van der Waals surface area contributed by atoms with Gasteiger partial charge < -0.3 is 9.15 Å². The fourth-order valence-corrected chi connectivity index (χ4v) is 2.15. The molecule has 0 saturated carbocycles. The molecule has 0 aliphatic heterocycles. The van der Waals surface area contributed by atoms with Gasteiger partial charge in [0.15, 0.2) is 18.2 Å². The van der Waals surface area contributed by atoms with Crippen molar-refractivity contribution < 1.29 is 23.1 Å². The summed E-state index contributed by atoms with van der Waals surface area (Å²) in [5.74, 6) is -0.756. The third-order valence-electron chi connectivity index (χ3n) is 2.85. The molecule has 0 radical (unpaired) electrons. The van der Waals surface area contributed by atoms with Gasteiger partial charge in [-0.15, -0.1) is 0 Å². The van der Waals surface area contributed by atoms with Crippen LogP contribution in [0.25, 0.3) is 0 Å². The van der Waals surface area contributed by atoms with Gasteiger partial charge in [-0.05, 0) is 38.1 Å². The molecule has 0 atom stereocenters. The number of aryl methyl sites for hydroxylation is 2. The zero-order valence-corrected chi connectivity index (χ0v) is 14.0. The van der Waals surface area contributed by atoms with Gasteiger partial charge in [-0.25, -0.2) is 4.39 Å². The van der Waals surface area contributed by atoms with Crippen LogP contribution in [0.4, 0.5) is 4.39 Å². The maximum atomic E-state index is 13.5. The first-order valence-corrected chi connectivity index (χ1v) is 7.40. The van der Waals surface area contributed by atoms with Crippen molar-refractivity contribution in [3.05, 3.63) is 51.6 Å². The monoisotopic (exact) mass is 384 g/mol. The predicted molar refractivity (Wildman–Crippen MR) is 83.4 cm³/mol. The first-order valence-electron chi connectivity index (χ1n) is 6.61. The lowest BCUT2D eigenvalue weighted by molar-refractivity contribution is -0.123. The van der Waals surface area contributed by atoms with Crippen molar-refractivity contribution in [2.75, 3.05) is 6.61 Å². The molecule has 0 fully saturated rings. The maximum absolute atomic E-state index is 13.5. The van der Waals surface area contributed by atoms with Crippen LogP contribution in [-0.4, -0.2) is 18.4 Å². The van der Waals surface area contributed by atoms with Gasteiger partial charge in [0.1, 0.15) is 11.5 Å². The minimum absolute atomic E-state index is 0.0593. The molecule has 23 heavy (non-hydrogen) atoms. The van der Waals surface area contributed by atoms with Crippen molar-refractivity contribution in [3.8, 4) is 5.75 Å². The second-order valence-electron chi connectivity index (χ2n) is 4.69. The van der Waals surface area contributed by atoms with E-state index in [1.54, 1.807) is 26.0 Å². The van der Waals surface area contributed by atoms with E-state index in [1.807, 2.05) is 0 Å². The van der Waals surface area contributed by atoms with Crippen molar-refractivity contribution in [1.82, 2.24) is 10.9 Å². The Kier molecular flexibility index (Phi) is 5.38. The number of hydrogen-bond donors (Lipinski definition) is 2. The number of carbonyl (C=O) groups is 2. The summed E-state index contributed by atoms with van der Waals surface area (Å²) in [5, 5.41) is 0. The Morgan fingerprint density at radius 1 is 1.26 bits per heavy atom. The van der Waals surface area contributed by atoms with Crippen molar-refractivity contribution in [3.63, 3.8) is 0 Å². The Labute approximate surface area is 140 Å². The van der Waals surface area contributed by atoms with Gasteiger partial charge in [0.2, 0.25) is 0 Å². The summed E-state index contributed by atoms with van der Waals surface area (Å²) in [6, 6.07) is 5.76. The molecule has 2 amide bonds. The standard InChI is InChI=1S/C15H14BrFN2O4/c1-8-5-11(9(2)23-8)15(21)19-18-14(20)7-22-13-4-3-10(16)6-12(13)17/h3-6H,7H2,1-2H3,(H,18,20)(H,19,21). The lowest BCUT2D eigenvalue weighted by atomic mass is 10.2. The Hall–Kier alpha value is -2.35. The lowest BCUT2D eigenvalue weighted by Gasteiger charge is -2.09. The molecule has 8 heteroatoms. The molecule has 1 aromatic heterocycles. The number of halogens is 2. The molecule has 2 aromatic rings. The van der Waals surface area contributed by atoms with Crippen LogP contribution in [-0.2, 0) is 4.79 Å². The van der Waals surface area contributed by atoms with E-state index < -0.39 is 24.2 Å². The smallest absolute Gasteiger partial charge is 0.276 e. The van der Waals surface area contributed by atoms with Crippen LogP contribution in [0.15, 0.2) is 33.2 Å². The van der Waals surface area contributed by atoms with Crippen molar-refractivity contribution in [2.24, 2.45) is 0 Å². The highest BCUT2D eigenvalue weighted by molar-refractivity contribution is 9.10. The van der Waals surface area contributed by atoms with E-state index in [0.29, 0.717) is 21.6 Å². The van der Waals surface area contributed by atoms with E-state index in [9.17, 15) is 14.0 Å². The summed E-state index contributed by atoms with van der Waals surface area (Å²) < 4.78 is 24.3. The minimum Gasteiger partial charge on any atom is -0.481 e. The largest absolute Gasteiger partial charge is 0.481 e. The van der Waals surface area contributed by atoms with E-state index in [2.05, 4.69) is 26.8 Å². The molecule has 0 unspecified atom stereocenters. The van der Waals surface area contributed by atoms with E-state index in [0.717, 1.165) is 0 Å². The molecule has 2 N–H and O–H groups in total. The molecular weight excluding hydrogens is 371 g/mol. The maximum Gasteiger partial charge on any atom is 0.276 e. The Balaban J connectivity index is 1.83. The van der Waals surface area contributed by atoms with Crippen LogP contribution in [0.5, 0.6) is 5.75 Å². The van der Waals surface area contributed by atoms with Gasteiger partial charge in [0.25, 0.3) is 11.8 Å². The molecule has 1 aromatic carbocycles. The normalized spacial score (nSPS) is 10.3. The molecule has 2 rings (SSSR count). The summed E-state index contributed by atoms with van der Waals surface area (Å²) in [6.45, 7) is 2.91. The number of nitrogens with one attached hydrogen (secondary N) is 2. The summed E-state index contributed by atoms with van der Waals surface area (Å²) in [4.78, 5) is 23.5. The number of hydrazine groups is 1. The number of rotatable bonds is 4. The van der Waals surface area contributed by atoms with Gasteiger partial charge in [0.05, 0.1) is 5.56 Å². The Morgan fingerprint density at radius 3 is 2.61 bits per heavy atom. The zero-order chi connectivity index (χ0) is 17.0. The van der Waals surface area contributed by atoms with Gasteiger partial charge in [-0.1, -0.05) is 15.9 Å². The van der Waals surface area contributed by atoms with E-state index in [-0.39, 0.29) is 5.75 Å². The second-order valence-corrected chi connectivity index (χ2v) is 5.61. The third-order valence-corrected chi connectivity index (χ3v) is 3.35. The first-order chi connectivity index (χ1) is 10.9. The molecule has 0 saturated heterocycles. The van der Waals surface area contributed by atoms with Crippen LogP contribution in [0.1, 0.15) is 21.9 Å². The Bertz CT molecular complexity index is 745. The van der Waals surface area contributed by atoms with Crippen LogP contribution in [0, 0.1) is 19.7 Å². The van der Waals surface area contributed by atoms with Crippen LogP contribution >= 0.6 is 15.9 Å². The van der Waals surface area contributed by atoms with Crippen molar-refractivity contribution >= 4 is 27.7 Å². The highest BCUT2D eigenvalue weighted by Crippen LogP contribution is 2.21. The molecular formula is C15H14BrFN2O4. The van der Waals surface area contributed by atoms with Crippen molar-refractivity contribution in [2.45, 2.75) is 13.8 Å².